The van der Waals surface area contributed by atoms with Crippen molar-refractivity contribution in [3.63, 3.8) is 0 Å². The standard InChI is InChI=1S/C34H52O3/c1-5-6-7-8-11-31(36)34(21-22-34)32(37)19-13-25(3)29-17-18-30-26(10-9-20-33(29,30)4)14-15-27-23-28(35)16-12-24(27)2/h13-15,19,25,28-30,32,35,37H,2,5-12,16-18,20-23H2,1,3-4H3/t25-,28+,29-,30+,32+,33-/m1/s1. The van der Waals surface area contributed by atoms with Crippen LogP contribution in [0.15, 0.2) is 47.6 Å². The van der Waals surface area contributed by atoms with Crippen LogP contribution in [0.4, 0.5) is 0 Å². The van der Waals surface area contributed by atoms with E-state index in [4.69, 9.17) is 0 Å². The van der Waals surface area contributed by atoms with E-state index < -0.39 is 11.5 Å². The van der Waals surface area contributed by atoms with Crippen LogP contribution in [-0.4, -0.2) is 28.2 Å². The van der Waals surface area contributed by atoms with Crippen molar-refractivity contribution in [2.24, 2.45) is 28.6 Å². The largest absolute Gasteiger partial charge is 0.393 e. The Hall–Kier alpha value is -1.45. The summed E-state index contributed by atoms with van der Waals surface area (Å²) in [5.74, 6) is 1.89. The number of hydrogen-bond acceptors (Lipinski definition) is 3. The number of fused-ring (bicyclic) bond motifs is 1. The number of allylic oxidation sites excluding steroid dienone is 5. The highest BCUT2D eigenvalue weighted by Crippen LogP contribution is 2.60. The number of carbonyl (C=O) groups excluding carboxylic acids is 1. The maximum atomic E-state index is 12.9. The first-order chi connectivity index (χ1) is 17.7. The van der Waals surface area contributed by atoms with Gasteiger partial charge in [0.25, 0.3) is 0 Å². The van der Waals surface area contributed by atoms with Gasteiger partial charge in [0, 0.05) is 6.42 Å². The molecule has 0 aliphatic heterocycles. The molecule has 4 saturated carbocycles. The van der Waals surface area contributed by atoms with Crippen molar-refractivity contribution in [2.45, 2.75) is 129 Å². The maximum Gasteiger partial charge on any atom is 0.141 e. The lowest BCUT2D eigenvalue weighted by Crippen LogP contribution is -2.35. The quantitative estimate of drug-likeness (QED) is 0.219. The van der Waals surface area contributed by atoms with Gasteiger partial charge in [-0.05, 0) is 99.4 Å². The van der Waals surface area contributed by atoms with E-state index in [-0.39, 0.29) is 17.3 Å². The van der Waals surface area contributed by atoms with Crippen LogP contribution in [-0.2, 0) is 4.79 Å². The average molecular weight is 509 g/mol. The molecule has 0 radical (unpaired) electrons. The summed E-state index contributed by atoms with van der Waals surface area (Å²) >= 11 is 0. The minimum atomic E-state index is -0.633. The van der Waals surface area contributed by atoms with Crippen LogP contribution < -0.4 is 0 Å². The molecule has 0 aromatic heterocycles. The molecule has 0 spiro atoms. The van der Waals surface area contributed by atoms with Crippen molar-refractivity contribution in [2.75, 3.05) is 0 Å². The second-order valence-corrected chi connectivity index (χ2v) is 13.1. The summed E-state index contributed by atoms with van der Waals surface area (Å²) in [4.78, 5) is 12.9. The fourth-order valence-electron chi connectivity index (χ4n) is 7.97. The van der Waals surface area contributed by atoms with Crippen molar-refractivity contribution >= 4 is 5.78 Å². The van der Waals surface area contributed by atoms with Crippen LogP contribution in [0.3, 0.4) is 0 Å². The molecule has 0 unspecified atom stereocenters. The molecule has 0 bridgehead atoms. The zero-order chi connectivity index (χ0) is 26.6. The first-order valence-corrected chi connectivity index (χ1v) is 15.4. The highest BCUT2D eigenvalue weighted by Gasteiger charge is 2.54. The van der Waals surface area contributed by atoms with Gasteiger partial charge in [-0.15, -0.1) is 0 Å². The van der Waals surface area contributed by atoms with Gasteiger partial charge >= 0.3 is 0 Å². The van der Waals surface area contributed by atoms with Gasteiger partial charge in [0.05, 0.1) is 17.6 Å². The van der Waals surface area contributed by atoms with Crippen LogP contribution in [0.25, 0.3) is 0 Å². The Morgan fingerprint density at radius 3 is 2.59 bits per heavy atom. The molecule has 4 aliphatic carbocycles. The molecule has 37 heavy (non-hydrogen) atoms. The van der Waals surface area contributed by atoms with Gasteiger partial charge in [-0.2, -0.15) is 0 Å². The van der Waals surface area contributed by atoms with Crippen LogP contribution in [0.1, 0.15) is 117 Å². The minimum Gasteiger partial charge on any atom is -0.393 e. The first kappa shape index (κ1) is 28.6. The molecule has 206 valence electrons. The van der Waals surface area contributed by atoms with E-state index in [2.05, 4.69) is 45.6 Å². The second-order valence-electron chi connectivity index (χ2n) is 13.1. The van der Waals surface area contributed by atoms with Crippen molar-refractivity contribution in [3.05, 3.63) is 47.6 Å². The van der Waals surface area contributed by atoms with Gasteiger partial charge in [-0.25, -0.2) is 0 Å². The number of rotatable bonds is 11. The number of hydrogen-bond donors (Lipinski definition) is 2. The number of aliphatic hydroxyl groups excluding tert-OH is 2. The third-order valence-electron chi connectivity index (χ3n) is 10.6. The van der Waals surface area contributed by atoms with Gasteiger partial charge in [0.2, 0.25) is 0 Å². The van der Waals surface area contributed by atoms with Crippen LogP contribution in [0.5, 0.6) is 0 Å². The van der Waals surface area contributed by atoms with E-state index in [0.717, 1.165) is 44.9 Å². The summed E-state index contributed by atoms with van der Waals surface area (Å²) in [5, 5.41) is 21.1. The SMILES string of the molecule is C=C1CC[C@H](O)CC1=CC=C1CCC[C@]2(C)[C@@H]([C@H](C)C=C[C@H](O)C3(C(=O)CCCCCC)CC3)CC[C@@H]12. The Balaban J connectivity index is 1.39. The van der Waals surface area contributed by atoms with Gasteiger partial charge < -0.3 is 10.2 Å². The monoisotopic (exact) mass is 508 g/mol. The highest BCUT2D eigenvalue weighted by molar-refractivity contribution is 5.88. The van der Waals surface area contributed by atoms with E-state index in [1.807, 2.05) is 6.08 Å². The predicted molar refractivity (Wildman–Crippen MR) is 153 cm³/mol. The molecule has 3 nitrogen and oxygen atoms in total. The average Bonchev–Trinajstić information content (AvgIpc) is 3.62. The lowest BCUT2D eigenvalue weighted by Gasteiger charge is -2.44. The Morgan fingerprint density at radius 2 is 1.86 bits per heavy atom. The highest BCUT2D eigenvalue weighted by atomic mass is 16.3. The Morgan fingerprint density at radius 1 is 1.08 bits per heavy atom. The summed E-state index contributed by atoms with van der Waals surface area (Å²) in [6, 6.07) is 0. The third kappa shape index (κ3) is 6.25. The van der Waals surface area contributed by atoms with Crippen molar-refractivity contribution in [3.8, 4) is 0 Å². The Kier molecular flexibility index (Phi) is 9.39. The minimum absolute atomic E-state index is 0.225. The molecule has 3 heteroatoms. The molecule has 2 N–H and O–H groups in total. The van der Waals surface area contributed by atoms with E-state index in [9.17, 15) is 15.0 Å². The second kappa shape index (κ2) is 12.2. The van der Waals surface area contributed by atoms with Crippen molar-refractivity contribution < 1.29 is 15.0 Å². The van der Waals surface area contributed by atoms with E-state index in [1.54, 1.807) is 5.57 Å². The molecular formula is C34H52O3. The molecule has 4 rings (SSSR count). The van der Waals surface area contributed by atoms with Gasteiger partial charge in [0.1, 0.15) is 5.78 Å². The van der Waals surface area contributed by atoms with Gasteiger partial charge in [-0.1, -0.05) is 82.1 Å². The predicted octanol–water partition coefficient (Wildman–Crippen LogP) is 8.03. The summed E-state index contributed by atoms with van der Waals surface area (Å²) in [5.41, 5.74) is 3.79. The third-order valence-corrected chi connectivity index (χ3v) is 10.6. The smallest absolute Gasteiger partial charge is 0.141 e. The van der Waals surface area contributed by atoms with Gasteiger partial charge in [0.15, 0.2) is 0 Å². The summed E-state index contributed by atoms with van der Waals surface area (Å²) < 4.78 is 0. The Labute approximate surface area is 226 Å². The van der Waals surface area contributed by atoms with E-state index in [1.165, 1.54) is 56.1 Å². The topological polar surface area (TPSA) is 57.5 Å². The molecule has 4 aliphatic rings. The number of carbonyl (C=O) groups is 1. The zero-order valence-corrected chi connectivity index (χ0v) is 23.8. The molecule has 0 aromatic carbocycles. The van der Waals surface area contributed by atoms with E-state index in [0.29, 0.717) is 24.2 Å². The first-order valence-electron chi connectivity index (χ1n) is 15.4. The lowest BCUT2D eigenvalue weighted by molar-refractivity contribution is -0.127. The van der Waals surface area contributed by atoms with Crippen molar-refractivity contribution in [1.29, 1.82) is 0 Å². The fraction of sp³-hybridized carbons (Fsp3) is 0.735. The lowest BCUT2D eigenvalue weighted by atomic mass is 9.61. The van der Waals surface area contributed by atoms with Gasteiger partial charge in [-0.3, -0.25) is 4.79 Å². The summed E-state index contributed by atoms with van der Waals surface area (Å²) in [6.45, 7) is 11.3. The van der Waals surface area contributed by atoms with Crippen LogP contribution in [0, 0.1) is 28.6 Å². The number of ketones is 1. The number of aliphatic hydroxyl groups is 2. The molecule has 0 aromatic rings. The number of Topliss-reactive ketones (excluding diaryl/α,β-unsaturated/α-hetero) is 1. The van der Waals surface area contributed by atoms with Crippen molar-refractivity contribution in [1.82, 2.24) is 0 Å². The molecule has 0 saturated heterocycles. The normalized spacial score (nSPS) is 35.2. The fourth-order valence-corrected chi connectivity index (χ4v) is 7.97. The molecule has 0 amide bonds. The summed E-state index contributed by atoms with van der Waals surface area (Å²) in [7, 11) is 0. The van der Waals surface area contributed by atoms with Crippen LogP contribution >= 0.6 is 0 Å². The summed E-state index contributed by atoms with van der Waals surface area (Å²) in [6.07, 6.45) is 23.4. The molecule has 0 heterocycles. The zero-order valence-electron chi connectivity index (χ0n) is 23.8. The Bertz CT molecular complexity index is 919. The molecule has 4 fully saturated rings. The molecular weight excluding hydrogens is 456 g/mol. The van der Waals surface area contributed by atoms with Crippen LogP contribution in [0.2, 0.25) is 0 Å². The maximum absolute atomic E-state index is 12.9. The van der Waals surface area contributed by atoms with E-state index >= 15 is 0 Å². The molecule has 6 atom stereocenters. The number of unbranched alkanes of at least 4 members (excludes halogenated alkanes) is 3.